The smallest absolute Gasteiger partial charge is 0.296 e. The summed E-state index contributed by atoms with van der Waals surface area (Å²) in [6, 6.07) is 5.81. The van der Waals surface area contributed by atoms with E-state index in [4.69, 9.17) is 4.74 Å². The molecule has 1 saturated heterocycles. The normalized spacial score (nSPS) is 17.9. The average Bonchev–Trinajstić information content (AvgIpc) is 2.83. The SMILES string of the molecule is CC1(C)c2nc(C(=O)CCc3ccc(F)cc3)c(O)c(=O)n2CCN1CC(=O)N1CCOCC1. The second-order valence-electron chi connectivity index (χ2n) is 9.11. The number of aromatic hydroxyl groups is 1. The molecule has 3 heterocycles. The third kappa shape index (κ3) is 4.74. The molecular formula is C24H29FN4O5. The van der Waals surface area contributed by atoms with Crippen LogP contribution < -0.4 is 5.56 Å². The van der Waals surface area contributed by atoms with Gasteiger partial charge in [-0.1, -0.05) is 12.1 Å². The third-order valence-electron chi connectivity index (χ3n) is 6.58. The molecule has 0 radical (unpaired) electrons. The van der Waals surface area contributed by atoms with Gasteiger partial charge in [-0.2, -0.15) is 0 Å². The van der Waals surface area contributed by atoms with Gasteiger partial charge in [0.2, 0.25) is 11.7 Å². The Morgan fingerprint density at radius 1 is 1.12 bits per heavy atom. The summed E-state index contributed by atoms with van der Waals surface area (Å²) in [6.45, 7) is 6.63. The number of fused-ring (bicyclic) bond motifs is 1. The monoisotopic (exact) mass is 472 g/mol. The number of amides is 1. The maximum atomic E-state index is 13.1. The van der Waals surface area contributed by atoms with E-state index in [-0.39, 0.29) is 36.9 Å². The highest BCUT2D eigenvalue weighted by molar-refractivity contribution is 5.96. The van der Waals surface area contributed by atoms with Gasteiger partial charge in [0.15, 0.2) is 11.5 Å². The van der Waals surface area contributed by atoms with Crippen molar-refractivity contribution in [3.8, 4) is 5.75 Å². The van der Waals surface area contributed by atoms with Crippen molar-refractivity contribution < 1.29 is 23.8 Å². The Balaban J connectivity index is 1.56. The maximum absolute atomic E-state index is 13.1. The first-order valence-corrected chi connectivity index (χ1v) is 11.4. The lowest BCUT2D eigenvalue weighted by atomic mass is 9.97. The summed E-state index contributed by atoms with van der Waals surface area (Å²) in [5.74, 6) is -1.19. The summed E-state index contributed by atoms with van der Waals surface area (Å²) in [5, 5.41) is 10.5. The number of ether oxygens (including phenoxy) is 1. The van der Waals surface area contributed by atoms with Crippen LogP contribution in [0.2, 0.25) is 0 Å². The van der Waals surface area contributed by atoms with Gasteiger partial charge in [-0.05, 0) is 38.0 Å². The molecule has 10 heteroatoms. The Labute approximate surface area is 196 Å². The van der Waals surface area contributed by atoms with Crippen LogP contribution in [-0.2, 0) is 28.0 Å². The van der Waals surface area contributed by atoms with Crippen molar-refractivity contribution in [1.82, 2.24) is 19.4 Å². The molecule has 34 heavy (non-hydrogen) atoms. The van der Waals surface area contributed by atoms with E-state index in [0.29, 0.717) is 45.1 Å². The van der Waals surface area contributed by atoms with Crippen LogP contribution in [0.25, 0.3) is 0 Å². The van der Waals surface area contributed by atoms with Gasteiger partial charge in [0.1, 0.15) is 11.6 Å². The molecule has 182 valence electrons. The lowest BCUT2D eigenvalue weighted by Crippen LogP contribution is -2.56. The van der Waals surface area contributed by atoms with Gasteiger partial charge in [0.25, 0.3) is 5.56 Å². The van der Waals surface area contributed by atoms with E-state index in [9.17, 15) is 23.9 Å². The highest BCUT2D eigenvalue weighted by atomic mass is 19.1. The zero-order valence-electron chi connectivity index (χ0n) is 19.4. The molecule has 2 aliphatic rings. The van der Waals surface area contributed by atoms with Crippen molar-refractivity contribution in [2.75, 3.05) is 39.4 Å². The molecule has 9 nitrogen and oxygen atoms in total. The van der Waals surface area contributed by atoms with E-state index in [1.54, 1.807) is 17.0 Å². The highest BCUT2D eigenvalue weighted by Crippen LogP contribution is 2.31. The van der Waals surface area contributed by atoms with Crippen LogP contribution in [-0.4, -0.2) is 75.5 Å². The lowest BCUT2D eigenvalue weighted by molar-refractivity contribution is -0.138. The number of nitrogens with zero attached hydrogens (tertiary/aromatic N) is 4. The number of aryl methyl sites for hydroxylation is 1. The number of carbonyl (C=O) groups excluding carboxylic acids is 2. The van der Waals surface area contributed by atoms with Crippen LogP contribution in [0.5, 0.6) is 5.75 Å². The molecule has 0 spiro atoms. The molecular weight excluding hydrogens is 443 g/mol. The number of halogens is 1. The van der Waals surface area contributed by atoms with Crippen LogP contribution in [0.3, 0.4) is 0 Å². The van der Waals surface area contributed by atoms with E-state index >= 15 is 0 Å². The summed E-state index contributed by atoms with van der Waals surface area (Å²) in [6.07, 6.45) is 0.330. The average molecular weight is 473 g/mol. The molecule has 1 N–H and O–H groups in total. The third-order valence-corrected chi connectivity index (χ3v) is 6.58. The minimum Gasteiger partial charge on any atom is -0.501 e. The molecule has 4 rings (SSSR count). The summed E-state index contributed by atoms with van der Waals surface area (Å²) in [5.41, 5.74) is -0.994. The topological polar surface area (TPSA) is 105 Å². The molecule has 0 aliphatic carbocycles. The van der Waals surface area contributed by atoms with E-state index in [0.717, 1.165) is 5.56 Å². The molecule has 2 aliphatic heterocycles. The van der Waals surface area contributed by atoms with Gasteiger partial charge < -0.3 is 14.7 Å². The number of benzene rings is 1. The molecule has 0 bridgehead atoms. The van der Waals surface area contributed by atoms with E-state index in [1.807, 2.05) is 18.7 Å². The summed E-state index contributed by atoms with van der Waals surface area (Å²) in [4.78, 5) is 46.7. The number of carbonyl (C=O) groups is 2. The quantitative estimate of drug-likeness (QED) is 0.632. The van der Waals surface area contributed by atoms with Crippen molar-refractivity contribution in [1.29, 1.82) is 0 Å². The van der Waals surface area contributed by atoms with E-state index in [1.165, 1.54) is 16.7 Å². The van der Waals surface area contributed by atoms with Crippen molar-refractivity contribution in [3.05, 3.63) is 57.5 Å². The predicted molar refractivity (Wildman–Crippen MR) is 121 cm³/mol. The van der Waals surface area contributed by atoms with Crippen molar-refractivity contribution in [2.45, 2.75) is 38.8 Å². The fourth-order valence-corrected chi connectivity index (χ4v) is 4.44. The van der Waals surface area contributed by atoms with Crippen LogP contribution in [0, 0.1) is 5.82 Å². The van der Waals surface area contributed by atoms with Crippen molar-refractivity contribution >= 4 is 11.7 Å². The van der Waals surface area contributed by atoms with Crippen molar-refractivity contribution in [2.24, 2.45) is 0 Å². The molecule has 1 fully saturated rings. The van der Waals surface area contributed by atoms with Gasteiger partial charge in [-0.15, -0.1) is 0 Å². The number of ketones is 1. The summed E-state index contributed by atoms with van der Waals surface area (Å²) >= 11 is 0. The Morgan fingerprint density at radius 3 is 2.47 bits per heavy atom. The zero-order valence-corrected chi connectivity index (χ0v) is 19.4. The second kappa shape index (κ2) is 9.63. The minimum absolute atomic E-state index is 0.00868. The maximum Gasteiger partial charge on any atom is 0.296 e. The lowest BCUT2D eigenvalue weighted by Gasteiger charge is -2.43. The fourth-order valence-electron chi connectivity index (χ4n) is 4.44. The Bertz CT molecular complexity index is 1140. The highest BCUT2D eigenvalue weighted by Gasteiger charge is 2.40. The van der Waals surface area contributed by atoms with Gasteiger partial charge in [-0.3, -0.25) is 23.9 Å². The molecule has 2 aromatic rings. The summed E-state index contributed by atoms with van der Waals surface area (Å²) < 4.78 is 19.8. The standard InChI is InChI=1S/C24H29FN4O5/c1-24(2)23-26-20(18(30)8-5-16-3-6-17(25)7-4-16)21(32)22(33)29(23)10-9-28(24)15-19(31)27-11-13-34-14-12-27/h3-4,6-7,32H,5,8-15H2,1-2H3. The van der Waals surface area contributed by atoms with Crippen molar-refractivity contribution in [3.63, 3.8) is 0 Å². The fraction of sp³-hybridized carbons (Fsp3) is 0.500. The number of aromatic nitrogens is 2. The number of hydrogen-bond acceptors (Lipinski definition) is 7. The Morgan fingerprint density at radius 2 is 1.79 bits per heavy atom. The molecule has 1 amide bonds. The molecule has 1 aromatic heterocycles. The Kier molecular flexibility index (Phi) is 6.81. The number of Topliss-reactive ketones (excluding diaryl/α,β-unsaturated/α-hetero) is 1. The van der Waals surface area contributed by atoms with Gasteiger partial charge in [-0.25, -0.2) is 9.37 Å². The van der Waals surface area contributed by atoms with Gasteiger partial charge in [0.05, 0.1) is 25.3 Å². The minimum atomic E-state index is -0.820. The zero-order chi connectivity index (χ0) is 24.5. The molecule has 0 atom stereocenters. The summed E-state index contributed by atoms with van der Waals surface area (Å²) in [7, 11) is 0. The van der Waals surface area contributed by atoms with Gasteiger partial charge in [0, 0.05) is 32.6 Å². The van der Waals surface area contributed by atoms with Crippen LogP contribution >= 0.6 is 0 Å². The second-order valence-corrected chi connectivity index (χ2v) is 9.11. The molecule has 0 saturated carbocycles. The number of hydrogen-bond donors (Lipinski definition) is 1. The number of rotatable bonds is 6. The first-order chi connectivity index (χ1) is 16.2. The number of morpholine rings is 1. The first-order valence-electron chi connectivity index (χ1n) is 11.4. The van der Waals surface area contributed by atoms with Crippen LogP contribution in [0.1, 0.15) is 42.1 Å². The first kappa shape index (κ1) is 24.0. The largest absolute Gasteiger partial charge is 0.501 e. The molecule has 1 aromatic carbocycles. The van der Waals surface area contributed by atoms with Gasteiger partial charge >= 0.3 is 0 Å². The predicted octanol–water partition coefficient (Wildman–Crippen LogP) is 1.31. The molecule has 0 unspecified atom stereocenters. The van der Waals surface area contributed by atoms with Crippen LogP contribution in [0.15, 0.2) is 29.1 Å². The van der Waals surface area contributed by atoms with Crippen LogP contribution in [0.4, 0.5) is 4.39 Å². The van der Waals surface area contributed by atoms with E-state index in [2.05, 4.69) is 4.98 Å². The van der Waals surface area contributed by atoms with E-state index < -0.39 is 22.6 Å². The Hall–Kier alpha value is -3.11.